The zero-order valence-corrected chi connectivity index (χ0v) is 15.1. The van der Waals surface area contributed by atoms with Crippen LogP contribution in [0.2, 0.25) is 0 Å². The Morgan fingerprint density at radius 3 is 2.46 bits per heavy atom. The van der Waals surface area contributed by atoms with Gasteiger partial charge in [-0.3, -0.25) is 4.68 Å². The molecule has 2 aliphatic heterocycles. The molecule has 2 aliphatic rings. The van der Waals surface area contributed by atoms with E-state index in [0.717, 1.165) is 5.82 Å². The summed E-state index contributed by atoms with van der Waals surface area (Å²) in [5.74, 6) is -0.407. The van der Waals surface area contributed by atoms with E-state index in [1.54, 1.807) is 4.68 Å². The molecule has 0 bridgehead atoms. The Bertz CT molecular complexity index is 601. The highest BCUT2D eigenvalue weighted by molar-refractivity contribution is 5.03. The predicted octanol–water partition coefficient (Wildman–Crippen LogP) is 1.31. The largest absolute Gasteiger partial charge is 0.382 e. The molecule has 0 saturated carbocycles. The molecule has 3 rings (SSSR count). The molecule has 3 heterocycles. The minimum absolute atomic E-state index is 0.323. The normalized spacial score (nSPS) is 33.0. The number of aromatic nitrogens is 3. The maximum absolute atomic E-state index is 10.8. The summed E-state index contributed by atoms with van der Waals surface area (Å²) in [4.78, 5) is 4.36. The molecule has 1 aromatic heterocycles. The van der Waals surface area contributed by atoms with Crippen LogP contribution in [0.1, 0.15) is 52.4 Å². The number of ether oxygens (including phenoxy) is 4. The standard InChI is InChI=1S/C16H27N3O5/c1-7-19-9(2)17-14(18-19)11(20)13-12(23-16(5,6)24-13)10-8-21-15(3,4)22-10/h10-13,20H,7-8H2,1-6H3/t10-,11+,12+,13-/m1/s1. The lowest BCUT2D eigenvalue weighted by molar-refractivity contribution is -0.175. The summed E-state index contributed by atoms with van der Waals surface area (Å²) >= 11 is 0. The first-order valence-electron chi connectivity index (χ1n) is 8.39. The lowest BCUT2D eigenvalue weighted by Crippen LogP contribution is -2.41. The highest BCUT2D eigenvalue weighted by atomic mass is 16.8. The summed E-state index contributed by atoms with van der Waals surface area (Å²) in [6.45, 7) is 12.3. The number of rotatable bonds is 4. The van der Waals surface area contributed by atoms with Gasteiger partial charge in [-0.1, -0.05) is 0 Å². The third-order valence-electron chi connectivity index (χ3n) is 4.31. The van der Waals surface area contributed by atoms with Crippen LogP contribution in [0.15, 0.2) is 0 Å². The maximum Gasteiger partial charge on any atom is 0.182 e. The Morgan fingerprint density at radius 1 is 1.21 bits per heavy atom. The van der Waals surface area contributed by atoms with Crippen molar-refractivity contribution in [3.8, 4) is 0 Å². The number of aliphatic hydroxyl groups is 1. The van der Waals surface area contributed by atoms with Crippen molar-refractivity contribution in [3.63, 3.8) is 0 Å². The Kier molecular flexibility index (Phi) is 4.46. The number of hydrogen-bond donors (Lipinski definition) is 1. The summed E-state index contributed by atoms with van der Waals surface area (Å²) in [5, 5.41) is 15.2. The minimum Gasteiger partial charge on any atom is -0.382 e. The van der Waals surface area contributed by atoms with Crippen LogP contribution in [0.3, 0.4) is 0 Å². The molecule has 2 saturated heterocycles. The average Bonchev–Trinajstić information content (AvgIpc) is 3.13. The van der Waals surface area contributed by atoms with Crippen LogP contribution < -0.4 is 0 Å². The Morgan fingerprint density at radius 2 is 1.92 bits per heavy atom. The quantitative estimate of drug-likeness (QED) is 0.883. The van der Waals surface area contributed by atoms with Gasteiger partial charge in [0.2, 0.25) is 0 Å². The van der Waals surface area contributed by atoms with E-state index in [1.807, 2.05) is 41.5 Å². The zero-order chi connectivity index (χ0) is 17.7. The molecule has 1 aromatic rings. The molecule has 0 amide bonds. The van der Waals surface area contributed by atoms with Crippen LogP contribution >= 0.6 is 0 Å². The van der Waals surface area contributed by atoms with Gasteiger partial charge in [0.1, 0.15) is 30.2 Å². The van der Waals surface area contributed by atoms with Gasteiger partial charge in [0.25, 0.3) is 0 Å². The topological polar surface area (TPSA) is 87.9 Å². The second-order valence-electron chi connectivity index (χ2n) is 7.21. The summed E-state index contributed by atoms with van der Waals surface area (Å²) < 4.78 is 25.2. The van der Waals surface area contributed by atoms with Crippen molar-refractivity contribution in [3.05, 3.63) is 11.6 Å². The van der Waals surface area contributed by atoms with Crippen LogP contribution in [-0.2, 0) is 25.5 Å². The van der Waals surface area contributed by atoms with Gasteiger partial charge in [-0.05, 0) is 41.5 Å². The van der Waals surface area contributed by atoms with Crippen LogP contribution in [-0.4, -0.2) is 56.4 Å². The smallest absolute Gasteiger partial charge is 0.182 e. The Labute approximate surface area is 142 Å². The van der Waals surface area contributed by atoms with Crippen molar-refractivity contribution >= 4 is 0 Å². The molecule has 1 N–H and O–H groups in total. The van der Waals surface area contributed by atoms with Gasteiger partial charge in [-0.2, -0.15) is 5.10 Å². The van der Waals surface area contributed by atoms with Crippen molar-refractivity contribution in [2.24, 2.45) is 0 Å². The monoisotopic (exact) mass is 341 g/mol. The van der Waals surface area contributed by atoms with Crippen molar-refractivity contribution < 1.29 is 24.1 Å². The molecule has 136 valence electrons. The van der Waals surface area contributed by atoms with E-state index in [0.29, 0.717) is 19.0 Å². The fourth-order valence-corrected chi connectivity index (χ4v) is 3.24. The van der Waals surface area contributed by atoms with Crippen LogP contribution in [0.25, 0.3) is 0 Å². The van der Waals surface area contributed by atoms with Gasteiger partial charge < -0.3 is 24.1 Å². The fourth-order valence-electron chi connectivity index (χ4n) is 3.24. The summed E-state index contributed by atoms with van der Waals surface area (Å²) in [6, 6.07) is 0. The lowest BCUT2D eigenvalue weighted by atomic mass is 10.0. The second kappa shape index (κ2) is 6.03. The Balaban J connectivity index is 1.83. The molecular formula is C16H27N3O5. The lowest BCUT2D eigenvalue weighted by Gasteiger charge is -2.25. The van der Waals surface area contributed by atoms with Crippen molar-refractivity contribution in [1.29, 1.82) is 0 Å². The van der Waals surface area contributed by atoms with E-state index in [2.05, 4.69) is 10.1 Å². The van der Waals surface area contributed by atoms with E-state index in [1.165, 1.54) is 0 Å². The van der Waals surface area contributed by atoms with E-state index < -0.39 is 29.9 Å². The zero-order valence-electron chi connectivity index (χ0n) is 15.1. The van der Waals surface area contributed by atoms with Crippen molar-refractivity contribution in [1.82, 2.24) is 14.8 Å². The van der Waals surface area contributed by atoms with Crippen molar-refractivity contribution in [2.75, 3.05) is 6.61 Å². The molecule has 2 fully saturated rings. The highest BCUT2D eigenvalue weighted by Crippen LogP contribution is 2.39. The summed E-state index contributed by atoms with van der Waals surface area (Å²) in [5.41, 5.74) is 0. The summed E-state index contributed by atoms with van der Waals surface area (Å²) in [7, 11) is 0. The third-order valence-corrected chi connectivity index (χ3v) is 4.31. The van der Waals surface area contributed by atoms with Gasteiger partial charge in [-0.15, -0.1) is 0 Å². The highest BCUT2D eigenvalue weighted by Gasteiger charge is 2.52. The predicted molar refractivity (Wildman–Crippen MR) is 84.1 cm³/mol. The maximum atomic E-state index is 10.8. The third kappa shape index (κ3) is 3.34. The SMILES string of the molecule is CCn1nc([C@@H](O)[C@H]2OC(C)(C)O[C@H]2[C@H]2COC(C)(C)O2)nc1C. The van der Waals surface area contributed by atoms with Gasteiger partial charge in [0.15, 0.2) is 17.4 Å². The fraction of sp³-hybridized carbons (Fsp3) is 0.875. The van der Waals surface area contributed by atoms with Crippen LogP contribution in [0.5, 0.6) is 0 Å². The molecule has 24 heavy (non-hydrogen) atoms. The number of aliphatic hydroxyl groups excluding tert-OH is 1. The second-order valence-corrected chi connectivity index (χ2v) is 7.21. The van der Waals surface area contributed by atoms with E-state index in [4.69, 9.17) is 18.9 Å². The van der Waals surface area contributed by atoms with E-state index >= 15 is 0 Å². The van der Waals surface area contributed by atoms with Crippen LogP contribution in [0.4, 0.5) is 0 Å². The summed E-state index contributed by atoms with van der Waals surface area (Å²) in [6.07, 6.45) is -2.42. The van der Waals surface area contributed by atoms with Gasteiger partial charge in [-0.25, -0.2) is 4.98 Å². The first-order valence-corrected chi connectivity index (χ1v) is 8.39. The molecule has 4 atom stereocenters. The molecule has 8 heteroatoms. The molecule has 0 radical (unpaired) electrons. The Hall–Kier alpha value is -1.06. The molecule has 0 aliphatic carbocycles. The van der Waals surface area contributed by atoms with Crippen molar-refractivity contribution in [2.45, 2.75) is 84.1 Å². The average molecular weight is 341 g/mol. The first-order chi connectivity index (χ1) is 11.1. The minimum atomic E-state index is -1.00. The molecule has 8 nitrogen and oxygen atoms in total. The first kappa shape index (κ1) is 17.8. The number of nitrogens with zero attached hydrogens (tertiary/aromatic N) is 3. The molecule has 0 aromatic carbocycles. The van der Waals surface area contributed by atoms with E-state index in [-0.39, 0.29) is 6.10 Å². The molecule has 0 spiro atoms. The molecular weight excluding hydrogens is 314 g/mol. The van der Waals surface area contributed by atoms with Gasteiger partial charge >= 0.3 is 0 Å². The van der Waals surface area contributed by atoms with Crippen LogP contribution in [0, 0.1) is 6.92 Å². The molecule has 0 unspecified atom stereocenters. The number of aryl methyl sites for hydroxylation is 2. The number of hydrogen-bond acceptors (Lipinski definition) is 7. The van der Waals surface area contributed by atoms with E-state index in [9.17, 15) is 5.11 Å². The van der Waals surface area contributed by atoms with Gasteiger partial charge in [0.05, 0.1) is 6.61 Å². The van der Waals surface area contributed by atoms with Gasteiger partial charge in [0, 0.05) is 6.54 Å².